The van der Waals surface area contributed by atoms with Crippen LogP contribution in [0.3, 0.4) is 0 Å². The van der Waals surface area contributed by atoms with Gasteiger partial charge in [0, 0.05) is 24.1 Å². The first-order chi connectivity index (χ1) is 9.35. The van der Waals surface area contributed by atoms with Crippen LogP contribution in [0.4, 0.5) is 0 Å². The number of hydrogen-bond donors (Lipinski definition) is 1. The molecule has 0 aromatic heterocycles. The zero-order chi connectivity index (χ0) is 13.1. The highest BCUT2D eigenvalue weighted by Crippen LogP contribution is 2.55. The molecule has 0 saturated heterocycles. The zero-order valence-corrected chi connectivity index (χ0v) is 12.6. The van der Waals surface area contributed by atoms with Crippen molar-refractivity contribution in [1.29, 1.82) is 0 Å². The first-order valence-corrected chi connectivity index (χ1v) is 8.73. The van der Waals surface area contributed by atoms with E-state index in [9.17, 15) is 0 Å². The SMILES string of the molecule is CCOC1CC(NC2CCCCCC2)C12CCCC2. The number of nitrogens with one attached hydrogen (secondary N) is 1. The molecule has 0 radical (unpaired) electrons. The summed E-state index contributed by atoms with van der Waals surface area (Å²) >= 11 is 0. The maximum Gasteiger partial charge on any atom is 0.0661 e. The summed E-state index contributed by atoms with van der Waals surface area (Å²) in [6, 6.07) is 1.56. The minimum Gasteiger partial charge on any atom is -0.378 e. The van der Waals surface area contributed by atoms with Crippen molar-refractivity contribution in [2.45, 2.75) is 95.7 Å². The van der Waals surface area contributed by atoms with E-state index in [1.165, 1.54) is 70.6 Å². The Labute approximate surface area is 118 Å². The smallest absolute Gasteiger partial charge is 0.0661 e. The van der Waals surface area contributed by atoms with Gasteiger partial charge in [-0.1, -0.05) is 38.5 Å². The van der Waals surface area contributed by atoms with Gasteiger partial charge in [0.15, 0.2) is 0 Å². The first kappa shape index (κ1) is 13.9. The highest BCUT2D eigenvalue weighted by molar-refractivity contribution is 5.10. The summed E-state index contributed by atoms with van der Waals surface area (Å²) in [5.41, 5.74) is 0.516. The maximum atomic E-state index is 6.02. The molecule has 2 heteroatoms. The van der Waals surface area contributed by atoms with Gasteiger partial charge in [0.2, 0.25) is 0 Å². The molecule has 3 rings (SSSR count). The van der Waals surface area contributed by atoms with E-state index in [0.717, 1.165) is 18.7 Å². The molecule has 2 nitrogen and oxygen atoms in total. The van der Waals surface area contributed by atoms with Gasteiger partial charge in [0.25, 0.3) is 0 Å². The highest BCUT2D eigenvalue weighted by atomic mass is 16.5. The Hall–Kier alpha value is -0.0800. The predicted molar refractivity (Wildman–Crippen MR) is 79.3 cm³/mol. The van der Waals surface area contributed by atoms with E-state index in [4.69, 9.17) is 4.74 Å². The van der Waals surface area contributed by atoms with Crippen molar-refractivity contribution in [2.24, 2.45) is 5.41 Å². The maximum absolute atomic E-state index is 6.02. The summed E-state index contributed by atoms with van der Waals surface area (Å²) < 4.78 is 6.02. The lowest BCUT2D eigenvalue weighted by atomic mass is 9.60. The van der Waals surface area contributed by atoms with Crippen LogP contribution in [0.25, 0.3) is 0 Å². The average molecular weight is 265 g/mol. The lowest BCUT2D eigenvalue weighted by molar-refractivity contribution is -0.132. The Bertz CT molecular complexity index is 277. The van der Waals surface area contributed by atoms with E-state index in [2.05, 4.69) is 12.2 Å². The van der Waals surface area contributed by atoms with E-state index >= 15 is 0 Å². The number of hydrogen-bond acceptors (Lipinski definition) is 2. The zero-order valence-electron chi connectivity index (χ0n) is 12.6. The topological polar surface area (TPSA) is 21.3 Å². The van der Waals surface area contributed by atoms with Crippen LogP contribution in [-0.2, 0) is 4.74 Å². The molecule has 1 spiro atoms. The molecule has 110 valence electrons. The molecular formula is C17H31NO. The van der Waals surface area contributed by atoms with Crippen LogP contribution in [0.2, 0.25) is 0 Å². The monoisotopic (exact) mass is 265 g/mol. The summed E-state index contributed by atoms with van der Waals surface area (Å²) in [7, 11) is 0. The Morgan fingerprint density at radius 2 is 1.68 bits per heavy atom. The molecule has 0 aromatic rings. The van der Waals surface area contributed by atoms with Crippen LogP contribution in [0.15, 0.2) is 0 Å². The Kier molecular flexibility index (Phi) is 4.48. The van der Waals surface area contributed by atoms with E-state index in [1.807, 2.05) is 0 Å². The van der Waals surface area contributed by atoms with Gasteiger partial charge in [0.05, 0.1) is 6.10 Å². The summed E-state index contributed by atoms with van der Waals surface area (Å²) in [6.07, 6.45) is 16.1. The summed E-state index contributed by atoms with van der Waals surface area (Å²) in [6.45, 7) is 3.04. The molecule has 19 heavy (non-hydrogen) atoms. The average Bonchev–Trinajstić information content (AvgIpc) is 2.81. The van der Waals surface area contributed by atoms with Crippen molar-refractivity contribution in [1.82, 2.24) is 5.32 Å². The molecule has 3 fully saturated rings. The van der Waals surface area contributed by atoms with Gasteiger partial charge in [-0.2, -0.15) is 0 Å². The Morgan fingerprint density at radius 1 is 1.00 bits per heavy atom. The summed E-state index contributed by atoms with van der Waals surface area (Å²) in [4.78, 5) is 0. The van der Waals surface area contributed by atoms with E-state index < -0.39 is 0 Å². The summed E-state index contributed by atoms with van der Waals surface area (Å²) in [5, 5.41) is 4.04. The van der Waals surface area contributed by atoms with Crippen molar-refractivity contribution in [3.8, 4) is 0 Å². The van der Waals surface area contributed by atoms with Crippen molar-refractivity contribution in [3.63, 3.8) is 0 Å². The molecule has 0 aromatic carbocycles. The van der Waals surface area contributed by atoms with Gasteiger partial charge in [0.1, 0.15) is 0 Å². The molecule has 3 aliphatic rings. The molecule has 0 amide bonds. The minimum absolute atomic E-state index is 0.516. The molecule has 1 N–H and O–H groups in total. The van der Waals surface area contributed by atoms with Gasteiger partial charge in [-0.3, -0.25) is 0 Å². The third kappa shape index (κ3) is 2.71. The van der Waals surface area contributed by atoms with Crippen molar-refractivity contribution >= 4 is 0 Å². The lowest BCUT2D eigenvalue weighted by Gasteiger charge is -2.55. The first-order valence-electron chi connectivity index (χ1n) is 8.73. The molecule has 3 aliphatic carbocycles. The van der Waals surface area contributed by atoms with Crippen LogP contribution in [0.5, 0.6) is 0 Å². The molecule has 0 bridgehead atoms. The fraction of sp³-hybridized carbons (Fsp3) is 1.00. The van der Waals surface area contributed by atoms with Crippen molar-refractivity contribution < 1.29 is 4.74 Å². The van der Waals surface area contributed by atoms with E-state index in [0.29, 0.717) is 11.5 Å². The van der Waals surface area contributed by atoms with Crippen LogP contribution in [0, 0.1) is 5.41 Å². The fourth-order valence-corrected chi connectivity index (χ4v) is 4.85. The fourth-order valence-electron chi connectivity index (χ4n) is 4.85. The molecular weight excluding hydrogens is 234 g/mol. The second kappa shape index (κ2) is 6.13. The van der Waals surface area contributed by atoms with Crippen molar-refractivity contribution in [2.75, 3.05) is 6.61 Å². The second-order valence-corrected chi connectivity index (χ2v) is 7.03. The normalized spacial score (nSPS) is 35.2. The number of ether oxygens (including phenoxy) is 1. The second-order valence-electron chi connectivity index (χ2n) is 7.03. The molecule has 2 unspecified atom stereocenters. The van der Waals surface area contributed by atoms with Gasteiger partial charge in [-0.05, 0) is 39.0 Å². The molecule has 2 atom stereocenters. The third-order valence-electron chi connectivity index (χ3n) is 5.98. The van der Waals surface area contributed by atoms with Gasteiger partial charge in [-0.25, -0.2) is 0 Å². The van der Waals surface area contributed by atoms with Gasteiger partial charge >= 0.3 is 0 Å². The molecule has 3 saturated carbocycles. The van der Waals surface area contributed by atoms with Crippen LogP contribution < -0.4 is 5.32 Å². The van der Waals surface area contributed by atoms with Crippen LogP contribution >= 0.6 is 0 Å². The lowest BCUT2D eigenvalue weighted by Crippen LogP contribution is -2.64. The van der Waals surface area contributed by atoms with Crippen LogP contribution in [-0.4, -0.2) is 24.8 Å². The van der Waals surface area contributed by atoms with Crippen molar-refractivity contribution in [3.05, 3.63) is 0 Å². The van der Waals surface area contributed by atoms with Gasteiger partial charge < -0.3 is 10.1 Å². The Morgan fingerprint density at radius 3 is 2.32 bits per heavy atom. The minimum atomic E-state index is 0.516. The third-order valence-corrected chi connectivity index (χ3v) is 5.98. The Balaban J connectivity index is 1.58. The standard InChI is InChI=1S/C17H31NO/c1-2-19-16-13-15(17(16)11-7-8-12-17)18-14-9-5-3-4-6-10-14/h14-16,18H,2-13H2,1H3. The summed E-state index contributed by atoms with van der Waals surface area (Å²) in [5.74, 6) is 0. The highest BCUT2D eigenvalue weighted by Gasteiger charge is 2.56. The molecule has 0 aliphatic heterocycles. The van der Waals surface area contributed by atoms with E-state index in [-0.39, 0.29) is 0 Å². The largest absolute Gasteiger partial charge is 0.378 e. The predicted octanol–water partition coefficient (Wildman–Crippen LogP) is 4.04. The quantitative estimate of drug-likeness (QED) is 0.775. The van der Waals surface area contributed by atoms with Gasteiger partial charge in [-0.15, -0.1) is 0 Å². The number of rotatable bonds is 4. The van der Waals surface area contributed by atoms with Crippen LogP contribution in [0.1, 0.15) is 77.6 Å². The molecule has 0 heterocycles. The van der Waals surface area contributed by atoms with E-state index in [1.54, 1.807) is 0 Å².